The number of pyridine rings is 1. The molecule has 1 N–H and O–H groups in total. The third-order valence-corrected chi connectivity index (χ3v) is 7.20. The second-order valence-electron chi connectivity index (χ2n) is 9.36. The molecule has 1 amide bonds. The molecule has 3 aliphatic rings. The van der Waals surface area contributed by atoms with Crippen LogP contribution in [0.2, 0.25) is 0 Å². The van der Waals surface area contributed by atoms with Crippen LogP contribution in [0.1, 0.15) is 24.6 Å². The van der Waals surface area contributed by atoms with Crippen LogP contribution in [-0.4, -0.2) is 58.7 Å². The van der Waals surface area contributed by atoms with Crippen molar-refractivity contribution >= 4 is 5.91 Å². The summed E-state index contributed by atoms with van der Waals surface area (Å²) in [6.07, 6.45) is 2.38. The lowest BCUT2D eigenvalue weighted by molar-refractivity contribution is -0.135. The SMILES string of the molecule is CN(C)C(=O)[C@@H]1[C@@H](CO)[C@@H]2Cn3c(ccc(-c4cccc(F)c4)c3=O)[C@H]1N2CC1CC1. The first kappa shape index (κ1) is 20.4. The number of carbonyl (C=O) groups excluding carboxylic acids is 1. The van der Waals surface area contributed by atoms with Gasteiger partial charge in [-0.3, -0.25) is 14.5 Å². The molecule has 0 radical (unpaired) electrons. The first-order chi connectivity index (χ1) is 14.9. The van der Waals surface area contributed by atoms with Gasteiger partial charge in [0.25, 0.3) is 5.56 Å². The van der Waals surface area contributed by atoms with Crippen molar-refractivity contribution in [1.82, 2.24) is 14.4 Å². The fraction of sp³-hybridized carbons (Fsp3) is 0.500. The third kappa shape index (κ3) is 3.31. The van der Waals surface area contributed by atoms with Crippen molar-refractivity contribution in [2.24, 2.45) is 17.8 Å². The molecule has 4 atom stereocenters. The zero-order valence-electron chi connectivity index (χ0n) is 17.9. The van der Waals surface area contributed by atoms with Gasteiger partial charge in [0.2, 0.25) is 5.91 Å². The molecule has 1 saturated carbocycles. The smallest absolute Gasteiger partial charge is 0.258 e. The topological polar surface area (TPSA) is 65.8 Å². The highest BCUT2D eigenvalue weighted by Crippen LogP contribution is 2.50. The van der Waals surface area contributed by atoms with Gasteiger partial charge in [-0.25, -0.2) is 4.39 Å². The van der Waals surface area contributed by atoms with Gasteiger partial charge < -0.3 is 14.6 Å². The molecule has 6 nitrogen and oxygen atoms in total. The quantitative estimate of drug-likeness (QED) is 0.797. The molecule has 7 heteroatoms. The van der Waals surface area contributed by atoms with Gasteiger partial charge in [0.1, 0.15) is 5.82 Å². The van der Waals surface area contributed by atoms with Crippen molar-refractivity contribution in [3.63, 3.8) is 0 Å². The average molecular weight is 426 g/mol. The monoisotopic (exact) mass is 425 g/mol. The Kier molecular flexibility index (Phi) is 4.98. The summed E-state index contributed by atoms with van der Waals surface area (Å²) in [6.45, 7) is 1.23. The predicted octanol–water partition coefficient (Wildman–Crippen LogP) is 2.12. The molecule has 1 aliphatic carbocycles. The number of aliphatic hydroxyl groups excluding tert-OH is 1. The highest BCUT2D eigenvalue weighted by molar-refractivity contribution is 5.80. The molecule has 31 heavy (non-hydrogen) atoms. The van der Waals surface area contributed by atoms with E-state index in [9.17, 15) is 19.1 Å². The fourth-order valence-electron chi connectivity index (χ4n) is 5.53. The van der Waals surface area contributed by atoms with E-state index in [2.05, 4.69) is 4.90 Å². The molecule has 0 spiro atoms. The van der Waals surface area contributed by atoms with E-state index in [-0.39, 0.29) is 41.9 Å². The normalized spacial score (nSPS) is 27.2. The van der Waals surface area contributed by atoms with Crippen LogP contribution in [-0.2, 0) is 11.3 Å². The first-order valence-electron chi connectivity index (χ1n) is 11.0. The van der Waals surface area contributed by atoms with E-state index in [1.807, 2.05) is 6.07 Å². The van der Waals surface area contributed by atoms with E-state index in [1.54, 1.807) is 41.8 Å². The third-order valence-electron chi connectivity index (χ3n) is 7.20. The van der Waals surface area contributed by atoms with Gasteiger partial charge in [0.15, 0.2) is 0 Å². The zero-order valence-corrected chi connectivity index (χ0v) is 17.9. The van der Waals surface area contributed by atoms with Crippen molar-refractivity contribution in [3.05, 3.63) is 58.3 Å². The minimum Gasteiger partial charge on any atom is -0.396 e. The summed E-state index contributed by atoms with van der Waals surface area (Å²) in [5.41, 5.74) is 1.65. The fourth-order valence-corrected chi connectivity index (χ4v) is 5.53. The Bertz CT molecular complexity index is 1080. The average Bonchev–Trinajstić information content (AvgIpc) is 3.53. The van der Waals surface area contributed by atoms with Crippen LogP contribution < -0.4 is 5.56 Å². The number of aromatic nitrogens is 1. The van der Waals surface area contributed by atoms with Crippen molar-refractivity contribution in [1.29, 1.82) is 0 Å². The summed E-state index contributed by atoms with van der Waals surface area (Å²) in [5.74, 6) is -0.385. The molecule has 1 aromatic heterocycles. The Labute approximate surface area is 180 Å². The van der Waals surface area contributed by atoms with E-state index in [0.29, 0.717) is 23.6 Å². The van der Waals surface area contributed by atoms with Gasteiger partial charge in [-0.15, -0.1) is 0 Å². The summed E-state index contributed by atoms with van der Waals surface area (Å²) in [4.78, 5) is 30.6. The largest absolute Gasteiger partial charge is 0.396 e. The summed E-state index contributed by atoms with van der Waals surface area (Å²) in [7, 11) is 3.48. The Morgan fingerprint density at radius 2 is 2.00 bits per heavy atom. The summed E-state index contributed by atoms with van der Waals surface area (Å²) < 4.78 is 15.5. The Hall–Kier alpha value is -2.51. The molecule has 0 unspecified atom stereocenters. The molecule has 2 aliphatic heterocycles. The maximum absolute atomic E-state index is 13.8. The van der Waals surface area contributed by atoms with E-state index in [4.69, 9.17) is 0 Å². The minimum absolute atomic E-state index is 0.0116. The standard InChI is InChI=1S/C24H28FN3O3/c1-26(2)24(31)21-18(13-29)20-12-28-19(22(21)27(20)11-14-6-7-14)9-8-17(23(28)30)15-4-3-5-16(25)10-15/h3-5,8-10,14,18,20-22,29H,6-7,11-13H2,1-2H3/t18-,20-,21+,22+/m0/s1. The molecule has 1 saturated heterocycles. The maximum Gasteiger partial charge on any atom is 0.258 e. The highest BCUT2D eigenvalue weighted by atomic mass is 19.1. The van der Waals surface area contributed by atoms with E-state index in [0.717, 1.165) is 12.2 Å². The molecule has 3 heterocycles. The van der Waals surface area contributed by atoms with E-state index >= 15 is 0 Å². The van der Waals surface area contributed by atoms with Gasteiger partial charge in [-0.05, 0) is 48.6 Å². The van der Waals surface area contributed by atoms with Crippen LogP contribution in [0.15, 0.2) is 41.2 Å². The lowest BCUT2D eigenvalue weighted by Gasteiger charge is -2.38. The molecule has 5 rings (SSSR count). The van der Waals surface area contributed by atoms with Gasteiger partial charge in [-0.1, -0.05) is 12.1 Å². The lowest BCUT2D eigenvalue weighted by Crippen LogP contribution is -2.47. The Morgan fingerprint density at radius 3 is 2.65 bits per heavy atom. The van der Waals surface area contributed by atoms with Crippen molar-refractivity contribution in [2.45, 2.75) is 31.5 Å². The Balaban J connectivity index is 1.63. The lowest BCUT2D eigenvalue weighted by atomic mass is 9.86. The number of aliphatic hydroxyl groups is 1. The Morgan fingerprint density at radius 1 is 1.23 bits per heavy atom. The number of rotatable bonds is 5. The van der Waals surface area contributed by atoms with Crippen LogP contribution >= 0.6 is 0 Å². The predicted molar refractivity (Wildman–Crippen MR) is 115 cm³/mol. The number of carbonyl (C=O) groups is 1. The van der Waals surface area contributed by atoms with Gasteiger partial charge in [-0.2, -0.15) is 0 Å². The van der Waals surface area contributed by atoms with Crippen LogP contribution in [0.25, 0.3) is 11.1 Å². The molecule has 164 valence electrons. The number of hydrogen-bond donors (Lipinski definition) is 1. The van der Waals surface area contributed by atoms with Crippen LogP contribution in [0, 0.1) is 23.6 Å². The summed E-state index contributed by atoms with van der Waals surface area (Å²) in [6, 6.07) is 9.42. The zero-order chi connectivity index (χ0) is 21.9. The van der Waals surface area contributed by atoms with Crippen LogP contribution in [0.3, 0.4) is 0 Å². The number of benzene rings is 1. The summed E-state index contributed by atoms with van der Waals surface area (Å²) >= 11 is 0. The van der Waals surface area contributed by atoms with Crippen molar-refractivity contribution < 1.29 is 14.3 Å². The second kappa shape index (κ2) is 7.57. The molecule has 2 bridgehead atoms. The van der Waals surface area contributed by atoms with Crippen molar-refractivity contribution in [3.8, 4) is 11.1 Å². The molecular weight excluding hydrogens is 397 g/mol. The van der Waals surface area contributed by atoms with Gasteiger partial charge in [0.05, 0.1) is 12.0 Å². The first-order valence-corrected chi connectivity index (χ1v) is 11.0. The number of halogens is 1. The van der Waals surface area contributed by atoms with E-state index in [1.165, 1.54) is 25.0 Å². The van der Waals surface area contributed by atoms with Crippen LogP contribution in [0.5, 0.6) is 0 Å². The summed E-state index contributed by atoms with van der Waals surface area (Å²) in [5, 5.41) is 10.3. The molecule has 2 aromatic rings. The number of nitrogens with zero attached hydrogens (tertiary/aromatic N) is 3. The van der Waals surface area contributed by atoms with Gasteiger partial charge >= 0.3 is 0 Å². The van der Waals surface area contributed by atoms with Crippen LogP contribution in [0.4, 0.5) is 4.39 Å². The number of fused-ring (bicyclic) bond motifs is 4. The molecule has 1 aromatic carbocycles. The minimum atomic E-state index is -0.392. The number of hydrogen-bond acceptors (Lipinski definition) is 4. The maximum atomic E-state index is 13.8. The van der Waals surface area contributed by atoms with Crippen molar-refractivity contribution in [2.75, 3.05) is 27.2 Å². The molecular formula is C24H28FN3O3. The van der Waals surface area contributed by atoms with Gasteiger partial charge in [0, 0.05) is 57.0 Å². The van der Waals surface area contributed by atoms with E-state index < -0.39 is 5.92 Å². The second-order valence-corrected chi connectivity index (χ2v) is 9.36. The molecule has 2 fully saturated rings. The highest BCUT2D eigenvalue weighted by Gasteiger charge is 2.56. The number of amides is 1.